The molecule has 4 heterocycles. The molecule has 162 valence electrons. The fraction of sp³-hybridized carbons (Fsp3) is 0.478. The lowest BCUT2D eigenvalue weighted by Crippen LogP contribution is -2.35. The van der Waals surface area contributed by atoms with Gasteiger partial charge in [0.1, 0.15) is 18.3 Å². The van der Waals surface area contributed by atoms with Crippen molar-refractivity contribution in [1.82, 2.24) is 30.0 Å². The number of benzene rings is 1. The van der Waals surface area contributed by atoms with Gasteiger partial charge in [0.2, 0.25) is 0 Å². The number of piperidine rings is 1. The van der Waals surface area contributed by atoms with Gasteiger partial charge in [0, 0.05) is 42.7 Å². The summed E-state index contributed by atoms with van der Waals surface area (Å²) in [6.07, 6.45) is 5.75. The summed E-state index contributed by atoms with van der Waals surface area (Å²) >= 11 is 0. The molecule has 0 spiro atoms. The number of aromatic nitrogens is 4. The van der Waals surface area contributed by atoms with Crippen molar-refractivity contribution in [2.24, 2.45) is 5.92 Å². The Morgan fingerprint density at radius 2 is 2.06 bits per heavy atom. The summed E-state index contributed by atoms with van der Waals surface area (Å²) in [4.78, 5) is 23.9. The van der Waals surface area contributed by atoms with Gasteiger partial charge in [0.15, 0.2) is 0 Å². The minimum atomic E-state index is -0.338. The molecule has 1 aromatic carbocycles. The zero-order valence-corrected chi connectivity index (χ0v) is 17.6. The Morgan fingerprint density at radius 1 is 1.19 bits per heavy atom. The highest BCUT2D eigenvalue weighted by atomic mass is 19.1. The van der Waals surface area contributed by atoms with Gasteiger partial charge in [-0.2, -0.15) is 5.10 Å². The van der Waals surface area contributed by atoms with Crippen molar-refractivity contribution < 1.29 is 9.18 Å². The van der Waals surface area contributed by atoms with Crippen molar-refractivity contribution in [1.29, 1.82) is 0 Å². The summed E-state index contributed by atoms with van der Waals surface area (Å²) < 4.78 is 14.8. The van der Waals surface area contributed by atoms with Crippen LogP contribution in [0.25, 0.3) is 22.0 Å². The number of alkyl halides is 1. The van der Waals surface area contributed by atoms with Crippen LogP contribution in [0.2, 0.25) is 0 Å². The van der Waals surface area contributed by atoms with Crippen molar-refractivity contribution in [3.05, 3.63) is 42.1 Å². The molecule has 31 heavy (non-hydrogen) atoms. The molecule has 2 aromatic heterocycles. The normalized spacial score (nSPS) is 17.7. The van der Waals surface area contributed by atoms with E-state index in [4.69, 9.17) is 4.98 Å². The average Bonchev–Trinajstić information content (AvgIpc) is 3.23. The Labute approximate surface area is 180 Å². The summed E-state index contributed by atoms with van der Waals surface area (Å²) in [6.45, 7) is 4.19. The number of carbonyl (C=O) groups is 1. The third-order valence-electron chi connectivity index (χ3n) is 6.42. The van der Waals surface area contributed by atoms with Crippen LogP contribution in [0, 0.1) is 5.92 Å². The van der Waals surface area contributed by atoms with Crippen LogP contribution in [0.15, 0.2) is 30.6 Å². The third-order valence-corrected chi connectivity index (χ3v) is 6.42. The number of rotatable bonds is 6. The van der Waals surface area contributed by atoms with Crippen LogP contribution in [0.1, 0.15) is 24.4 Å². The molecule has 1 saturated heterocycles. The number of Topliss-reactive ketones (excluding diaryl/α,β-unsaturated/α-hetero) is 1. The van der Waals surface area contributed by atoms with Gasteiger partial charge in [-0.15, -0.1) is 0 Å². The Bertz CT molecular complexity index is 1090. The molecule has 0 aliphatic carbocycles. The summed E-state index contributed by atoms with van der Waals surface area (Å²) in [5.74, 6) is 0.924. The second-order valence-corrected chi connectivity index (χ2v) is 8.42. The first-order chi connectivity index (χ1) is 15.2. The number of ketones is 1. The number of nitrogens with one attached hydrogen (secondary N) is 1. The second-order valence-electron chi connectivity index (χ2n) is 8.42. The Balaban J connectivity index is 1.40. The Hall–Kier alpha value is -2.71. The largest absolute Gasteiger partial charge is 0.317 e. The fourth-order valence-corrected chi connectivity index (χ4v) is 4.61. The molecule has 0 bridgehead atoms. The number of nitrogens with zero attached hydrogens (tertiary/aromatic N) is 5. The van der Waals surface area contributed by atoms with Crippen LogP contribution >= 0.6 is 0 Å². The molecule has 5 rings (SSSR count). The fourth-order valence-electron chi connectivity index (χ4n) is 4.61. The lowest BCUT2D eigenvalue weighted by atomic mass is 9.92. The first kappa shape index (κ1) is 20.2. The van der Waals surface area contributed by atoms with Crippen molar-refractivity contribution in [3.8, 4) is 11.1 Å². The summed E-state index contributed by atoms with van der Waals surface area (Å²) in [6, 6.07) is 6.11. The predicted octanol–water partition coefficient (Wildman–Crippen LogP) is 2.39. The molecule has 0 atom stereocenters. The quantitative estimate of drug-likeness (QED) is 0.658. The molecular weight excluding hydrogens is 395 g/mol. The Morgan fingerprint density at radius 3 is 2.90 bits per heavy atom. The molecule has 2 aliphatic rings. The molecule has 1 fully saturated rings. The van der Waals surface area contributed by atoms with Gasteiger partial charge in [0.05, 0.1) is 30.4 Å². The molecule has 7 nitrogen and oxygen atoms in total. The molecule has 8 heteroatoms. The van der Waals surface area contributed by atoms with Crippen molar-refractivity contribution in [3.63, 3.8) is 0 Å². The lowest BCUT2D eigenvalue weighted by molar-refractivity contribution is -0.123. The Kier molecular flexibility index (Phi) is 5.74. The SMILES string of the molecule is O=C(Cc1ncc2ccc(-c3cnn4c3CN(CCF)CC4)cc2n1)C1CCNCC1. The van der Waals surface area contributed by atoms with E-state index in [1.807, 2.05) is 23.0 Å². The highest BCUT2D eigenvalue weighted by Gasteiger charge is 2.23. The first-order valence-electron chi connectivity index (χ1n) is 11.0. The van der Waals surface area contributed by atoms with Crippen LogP contribution < -0.4 is 5.32 Å². The van der Waals surface area contributed by atoms with Crippen molar-refractivity contribution >= 4 is 16.7 Å². The highest BCUT2D eigenvalue weighted by molar-refractivity contribution is 5.86. The first-order valence-corrected chi connectivity index (χ1v) is 11.0. The lowest BCUT2D eigenvalue weighted by Gasteiger charge is -2.27. The van der Waals surface area contributed by atoms with E-state index in [2.05, 4.69) is 26.4 Å². The van der Waals surface area contributed by atoms with Gasteiger partial charge in [-0.05, 0) is 37.6 Å². The topological polar surface area (TPSA) is 75.9 Å². The number of carbonyl (C=O) groups excluding carboxylic acids is 1. The second kappa shape index (κ2) is 8.80. The van der Waals surface area contributed by atoms with Crippen LogP contribution in [-0.2, 0) is 24.3 Å². The third kappa shape index (κ3) is 4.22. The zero-order chi connectivity index (χ0) is 21.2. The molecule has 1 N–H and O–H groups in total. The van der Waals surface area contributed by atoms with Gasteiger partial charge in [-0.3, -0.25) is 14.4 Å². The van der Waals surface area contributed by atoms with Gasteiger partial charge >= 0.3 is 0 Å². The van der Waals surface area contributed by atoms with E-state index in [1.165, 1.54) is 0 Å². The number of hydrogen-bond acceptors (Lipinski definition) is 6. The maximum Gasteiger partial charge on any atom is 0.143 e. The van der Waals surface area contributed by atoms with Gasteiger partial charge in [-0.1, -0.05) is 12.1 Å². The summed E-state index contributed by atoms with van der Waals surface area (Å²) in [5.41, 5.74) is 4.02. The summed E-state index contributed by atoms with van der Waals surface area (Å²) in [7, 11) is 0. The monoisotopic (exact) mass is 422 g/mol. The minimum Gasteiger partial charge on any atom is -0.317 e. The molecule has 0 radical (unpaired) electrons. The van der Waals surface area contributed by atoms with Crippen LogP contribution in [0.3, 0.4) is 0 Å². The van der Waals surface area contributed by atoms with E-state index in [-0.39, 0.29) is 24.8 Å². The molecule has 0 amide bonds. The molecule has 0 unspecified atom stereocenters. The van der Waals surface area contributed by atoms with Gasteiger partial charge in [0.25, 0.3) is 0 Å². The van der Waals surface area contributed by atoms with Crippen LogP contribution in [0.5, 0.6) is 0 Å². The number of halogens is 1. The maximum absolute atomic E-state index is 12.8. The molecule has 2 aliphatic heterocycles. The minimum absolute atomic E-state index is 0.109. The maximum atomic E-state index is 12.8. The predicted molar refractivity (Wildman–Crippen MR) is 116 cm³/mol. The van der Waals surface area contributed by atoms with E-state index in [0.717, 1.165) is 66.7 Å². The highest BCUT2D eigenvalue weighted by Crippen LogP contribution is 2.29. The molecule has 3 aromatic rings. The van der Waals surface area contributed by atoms with Gasteiger partial charge in [-0.25, -0.2) is 14.4 Å². The molecular formula is C23H27FN6O. The zero-order valence-electron chi connectivity index (χ0n) is 17.6. The van der Waals surface area contributed by atoms with Crippen LogP contribution in [0.4, 0.5) is 4.39 Å². The van der Waals surface area contributed by atoms with Crippen molar-refractivity contribution in [2.75, 3.05) is 32.9 Å². The average molecular weight is 423 g/mol. The van der Waals surface area contributed by atoms with E-state index in [0.29, 0.717) is 18.9 Å². The van der Waals surface area contributed by atoms with Crippen molar-refractivity contribution in [2.45, 2.75) is 32.4 Å². The van der Waals surface area contributed by atoms with E-state index in [9.17, 15) is 9.18 Å². The smallest absolute Gasteiger partial charge is 0.143 e. The summed E-state index contributed by atoms with van der Waals surface area (Å²) in [5, 5.41) is 8.77. The van der Waals surface area contributed by atoms with Crippen LogP contribution in [-0.4, -0.2) is 63.3 Å². The van der Waals surface area contributed by atoms with E-state index in [1.54, 1.807) is 6.20 Å². The van der Waals surface area contributed by atoms with E-state index >= 15 is 0 Å². The number of hydrogen-bond donors (Lipinski definition) is 1. The number of fused-ring (bicyclic) bond motifs is 2. The molecule has 0 saturated carbocycles. The van der Waals surface area contributed by atoms with Gasteiger partial charge < -0.3 is 5.32 Å². The van der Waals surface area contributed by atoms with E-state index < -0.39 is 0 Å². The standard InChI is InChI=1S/C23H27FN6O/c24-5-8-29-9-10-30-21(15-29)19(14-27-30)17-1-2-18-13-26-23(28-20(18)11-17)12-22(31)16-3-6-25-7-4-16/h1-2,11,13-14,16,25H,3-10,12,15H2.